The largest absolute Gasteiger partial charge is 0.507 e. The van der Waals surface area contributed by atoms with Crippen LogP contribution in [0.15, 0.2) is 96.8 Å². The number of hydrogen-bond donors (Lipinski definition) is 1. The summed E-state index contributed by atoms with van der Waals surface area (Å²) >= 11 is 0. The molecule has 0 aliphatic carbocycles. The van der Waals surface area contributed by atoms with Crippen LogP contribution in [-0.2, 0) is 22.7 Å². The second-order valence-electron chi connectivity index (χ2n) is 11.0. The third-order valence-electron chi connectivity index (χ3n) is 7.91. The van der Waals surface area contributed by atoms with E-state index in [9.17, 15) is 14.7 Å². The minimum absolute atomic E-state index is 0.00358. The van der Waals surface area contributed by atoms with Crippen LogP contribution in [0.4, 0.5) is 0 Å². The van der Waals surface area contributed by atoms with Crippen molar-refractivity contribution in [3.8, 4) is 17.2 Å². The van der Waals surface area contributed by atoms with Gasteiger partial charge >= 0.3 is 0 Å². The summed E-state index contributed by atoms with van der Waals surface area (Å²) in [4.78, 5) is 32.7. The molecule has 3 aromatic carbocycles. The van der Waals surface area contributed by atoms with Crippen LogP contribution < -0.4 is 14.2 Å². The van der Waals surface area contributed by atoms with Crippen LogP contribution in [0.2, 0.25) is 0 Å². The number of rotatable bonds is 13. The smallest absolute Gasteiger partial charge is 0.295 e. The lowest BCUT2D eigenvalue weighted by molar-refractivity contribution is -0.140. The molecule has 1 unspecified atom stereocenters. The van der Waals surface area contributed by atoms with Gasteiger partial charge in [0.1, 0.15) is 18.1 Å². The third kappa shape index (κ3) is 7.17. The number of nitrogens with zero attached hydrogens (tertiary/aromatic N) is 2. The Bertz CT molecular complexity index is 1670. The number of likely N-dealkylation sites (tertiary alicyclic amines) is 1. The molecule has 2 heterocycles. The first-order chi connectivity index (χ1) is 21.9. The monoisotopic (exact) mass is 606 g/mol. The van der Waals surface area contributed by atoms with Gasteiger partial charge in [-0.15, -0.1) is 0 Å². The van der Waals surface area contributed by atoms with E-state index in [1.807, 2.05) is 37.3 Å². The first kappa shape index (κ1) is 31.3. The van der Waals surface area contributed by atoms with E-state index in [4.69, 9.17) is 14.2 Å². The zero-order valence-electron chi connectivity index (χ0n) is 25.9. The van der Waals surface area contributed by atoms with E-state index < -0.39 is 17.7 Å². The number of unbranched alkanes of at least 4 members (excludes halogenated alkanes) is 2. The Morgan fingerprint density at radius 3 is 2.44 bits per heavy atom. The van der Waals surface area contributed by atoms with Gasteiger partial charge in [0.15, 0.2) is 11.5 Å². The van der Waals surface area contributed by atoms with Crippen molar-refractivity contribution >= 4 is 17.4 Å². The number of ketones is 1. The summed E-state index contributed by atoms with van der Waals surface area (Å²) in [6.07, 6.45) is 6.36. The molecule has 4 aromatic rings. The summed E-state index contributed by atoms with van der Waals surface area (Å²) in [5.41, 5.74) is 3.96. The number of benzene rings is 3. The molecular formula is C37H38N2O6. The summed E-state index contributed by atoms with van der Waals surface area (Å²) in [6, 6.07) is 22.9. The maximum absolute atomic E-state index is 13.6. The second kappa shape index (κ2) is 14.6. The van der Waals surface area contributed by atoms with E-state index in [-0.39, 0.29) is 17.9 Å². The van der Waals surface area contributed by atoms with E-state index in [2.05, 4.69) is 11.9 Å². The summed E-state index contributed by atoms with van der Waals surface area (Å²) in [5, 5.41) is 11.6. The molecule has 1 N–H and O–H groups in total. The third-order valence-corrected chi connectivity index (χ3v) is 7.91. The van der Waals surface area contributed by atoms with Gasteiger partial charge in [-0.2, -0.15) is 0 Å². The normalized spacial score (nSPS) is 15.7. The van der Waals surface area contributed by atoms with Crippen molar-refractivity contribution in [3.63, 3.8) is 0 Å². The maximum Gasteiger partial charge on any atom is 0.295 e. The summed E-state index contributed by atoms with van der Waals surface area (Å²) in [5.74, 6) is -0.0736. The highest BCUT2D eigenvalue weighted by atomic mass is 16.5. The van der Waals surface area contributed by atoms with Gasteiger partial charge in [0.2, 0.25) is 0 Å². The SMILES string of the molecule is CCCCCOc1ccc(C2C(=C(O)c3ccc(OCc4ccccc4C)cc3)C(=O)C(=O)N2Cc2cccnc2)cc1OC. The number of pyridine rings is 1. The number of amides is 1. The van der Waals surface area contributed by atoms with Crippen LogP contribution >= 0.6 is 0 Å². The highest BCUT2D eigenvalue weighted by Crippen LogP contribution is 2.43. The van der Waals surface area contributed by atoms with E-state index in [0.29, 0.717) is 41.6 Å². The Balaban J connectivity index is 1.48. The minimum atomic E-state index is -0.870. The molecular weight excluding hydrogens is 568 g/mol. The lowest BCUT2D eigenvalue weighted by Crippen LogP contribution is -2.29. The number of aryl methyl sites for hydroxylation is 1. The molecule has 232 valence electrons. The zero-order valence-corrected chi connectivity index (χ0v) is 25.9. The first-order valence-corrected chi connectivity index (χ1v) is 15.2. The summed E-state index contributed by atoms with van der Waals surface area (Å²) in [7, 11) is 1.55. The Kier molecular flexibility index (Phi) is 10.1. The van der Waals surface area contributed by atoms with Gasteiger partial charge in [-0.05, 0) is 78.1 Å². The summed E-state index contributed by atoms with van der Waals surface area (Å²) < 4.78 is 17.6. The van der Waals surface area contributed by atoms with E-state index in [0.717, 1.165) is 36.0 Å². The molecule has 45 heavy (non-hydrogen) atoms. The van der Waals surface area contributed by atoms with Gasteiger partial charge in [-0.3, -0.25) is 14.6 Å². The molecule has 1 aliphatic heterocycles. The number of methoxy groups -OCH3 is 1. The fourth-order valence-electron chi connectivity index (χ4n) is 5.38. The molecule has 1 atom stereocenters. The average Bonchev–Trinajstić information content (AvgIpc) is 3.31. The van der Waals surface area contributed by atoms with Crippen molar-refractivity contribution in [2.75, 3.05) is 13.7 Å². The molecule has 8 heteroatoms. The topological polar surface area (TPSA) is 98.2 Å². The number of ether oxygens (including phenoxy) is 3. The lowest BCUT2D eigenvalue weighted by Gasteiger charge is -2.26. The summed E-state index contributed by atoms with van der Waals surface area (Å²) in [6.45, 7) is 5.24. The van der Waals surface area contributed by atoms with Crippen molar-refractivity contribution in [3.05, 3.63) is 125 Å². The standard InChI is InChI=1S/C37H38N2O6/c1-4-5-8-20-44-31-18-15-28(21-32(31)43-3)34-33(36(41)37(42)39(34)23-26-11-9-19-38-22-26)35(40)27-13-16-30(17-14-27)45-24-29-12-7-6-10-25(29)2/h6-7,9-19,21-22,34,40H,4-5,8,20,23-24H2,1-3H3. The van der Waals surface area contributed by atoms with Crippen LogP contribution in [0.3, 0.4) is 0 Å². The van der Waals surface area contributed by atoms with E-state index >= 15 is 0 Å². The molecule has 8 nitrogen and oxygen atoms in total. The number of hydrogen-bond acceptors (Lipinski definition) is 7. The molecule has 1 fully saturated rings. The molecule has 1 aromatic heterocycles. The number of carbonyl (C=O) groups excluding carboxylic acids is 2. The van der Waals surface area contributed by atoms with Gasteiger partial charge in [-0.25, -0.2) is 0 Å². The fraction of sp³-hybridized carbons (Fsp3) is 0.270. The number of Topliss-reactive ketones (excluding diaryl/α,β-unsaturated/α-hetero) is 1. The number of aliphatic hydroxyl groups excluding tert-OH is 1. The van der Waals surface area contributed by atoms with Crippen LogP contribution in [0, 0.1) is 6.92 Å². The van der Waals surface area contributed by atoms with Crippen LogP contribution in [0.5, 0.6) is 17.2 Å². The maximum atomic E-state index is 13.6. The minimum Gasteiger partial charge on any atom is -0.507 e. The molecule has 0 spiro atoms. The molecule has 1 aliphatic rings. The number of carbonyl (C=O) groups is 2. The second-order valence-corrected chi connectivity index (χ2v) is 11.0. The Morgan fingerprint density at radius 1 is 0.933 bits per heavy atom. The van der Waals surface area contributed by atoms with Gasteiger partial charge in [0.25, 0.3) is 11.7 Å². The highest BCUT2D eigenvalue weighted by Gasteiger charge is 2.46. The van der Waals surface area contributed by atoms with Crippen LogP contribution in [-0.4, -0.2) is 40.4 Å². The molecule has 0 radical (unpaired) electrons. The quantitative estimate of drug-likeness (QED) is 0.0746. The first-order valence-electron chi connectivity index (χ1n) is 15.2. The van der Waals surface area contributed by atoms with Crippen molar-refractivity contribution in [1.29, 1.82) is 0 Å². The molecule has 1 saturated heterocycles. The highest BCUT2D eigenvalue weighted by molar-refractivity contribution is 6.46. The van der Waals surface area contributed by atoms with Crippen molar-refractivity contribution < 1.29 is 28.9 Å². The van der Waals surface area contributed by atoms with Gasteiger partial charge in [-0.1, -0.05) is 56.2 Å². The predicted molar refractivity (Wildman–Crippen MR) is 172 cm³/mol. The Hall–Kier alpha value is -5.11. The molecule has 0 saturated carbocycles. The van der Waals surface area contributed by atoms with E-state index in [1.54, 1.807) is 68.0 Å². The Labute approximate surface area is 263 Å². The van der Waals surface area contributed by atoms with E-state index in [1.165, 1.54) is 4.90 Å². The van der Waals surface area contributed by atoms with Gasteiger partial charge in [0, 0.05) is 24.5 Å². The van der Waals surface area contributed by atoms with Crippen molar-refractivity contribution in [2.24, 2.45) is 0 Å². The molecule has 5 rings (SSSR count). The zero-order chi connectivity index (χ0) is 31.8. The van der Waals surface area contributed by atoms with Crippen molar-refractivity contribution in [1.82, 2.24) is 9.88 Å². The molecule has 0 bridgehead atoms. The molecule has 1 amide bonds. The lowest BCUT2D eigenvalue weighted by atomic mass is 9.94. The van der Waals surface area contributed by atoms with Crippen molar-refractivity contribution in [2.45, 2.75) is 52.3 Å². The van der Waals surface area contributed by atoms with Gasteiger partial charge in [0.05, 0.1) is 25.3 Å². The van der Waals surface area contributed by atoms with Gasteiger partial charge < -0.3 is 24.2 Å². The van der Waals surface area contributed by atoms with Crippen LogP contribution in [0.25, 0.3) is 5.76 Å². The predicted octanol–water partition coefficient (Wildman–Crippen LogP) is 7.17. The number of aromatic nitrogens is 1. The average molecular weight is 607 g/mol. The Morgan fingerprint density at radius 2 is 1.73 bits per heavy atom. The number of aliphatic hydroxyl groups is 1. The van der Waals surface area contributed by atoms with Crippen LogP contribution in [0.1, 0.15) is 60.0 Å². The fourth-order valence-corrected chi connectivity index (χ4v) is 5.38.